The van der Waals surface area contributed by atoms with E-state index in [1.54, 1.807) is 0 Å². The topological polar surface area (TPSA) is 21.9 Å². The summed E-state index contributed by atoms with van der Waals surface area (Å²) in [4.78, 5) is 0. The minimum Gasteiger partial charge on any atom is -0.309 e. The average Bonchev–Trinajstić information content (AvgIpc) is 3.94. The fourth-order valence-corrected chi connectivity index (χ4v) is 8.99. The number of nitrogens with one attached hydrogen (secondary N) is 1. The number of allylic oxidation sites excluding steroid dienone is 5. The van der Waals surface area contributed by atoms with Crippen LogP contribution in [-0.2, 0) is 6.42 Å². The van der Waals surface area contributed by atoms with E-state index in [4.69, 9.17) is 0 Å². The molecule has 0 aliphatic heterocycles. The van der Waals surface area contributed by atoms with Crippen LogP contribution in [0.25, 0.3) is 72.3 Å². The second-order valence-electron chi connectivity index (χ2n) is 16.0. The monoisotopic (exact) mass is 871 g/mol. The number of hydrogen-bond acceptors (Lipinski definition) is 1. The second-order valence-corrected chi connectivity index (χ2v) is 16.0. The summed E-state index contributed by atoms with van der Waals surface area (Å²) in [7, 11) is 0. The highest BCUT2D eigenvalue weighted by Gasteiger charge is 2.23. The SMILES string of the molecule is C1=CCCC(c2ccccc2)=C1.C1=Cc2c(n(Nc3ccc(-c4cccc(-c5ccccc5)c4)cc3)c3c2ccc2c3c3ccccc3n2-c2ccccc2)CC1.CC.CC.c1ccccc1. The van der Waals surface area contributed by atoms with Crippen LogP contribution in [0.15, 0.2) is 237 Å². The number of anilines is 1. The van der Waals surface area contributed by atoms with Crippen LogP contribution in [0.4, 0.5) is 5.69 Å². The van der Waals surface area contributed by atoms with Gasteiger partial charge in [0.2, 0.25) is 0 Å². The van der Waals surface area contributed by atoms with Gasteiger partial charge in [0.05, 0.1) is 22.2 Å². The van der Waals surface area contributed by atoms with Crippen molar-refractivity contribution in [1.82, 2.24) is 9.24 Å². The van der Waals surface area contributed by atoms with E-state index < -0.39 is 0 Å². The molecule has 0 amide bonds. The van der Waals surface area contributed by atoms with Crippen molar-refractivity contribution in [2.24, 2.45) is 0 Å². The van der Waals surface area contributed by atoms with Gasteiger partial charge in [-0.1, -0.05) is 228 Å². The molecule has 3 heteroatoms. The van der Waals surface area contributed by atoms with Gasteiger partial charge in [-0.05, 0) is 102 Å². The van der Waals surface area contributed by atoms with Gasteiger partial charge in [-0.3, -0.25) is 10.1 Å². The fourth-order valence-electron chi connectivity index (χ4n) is 8.99. The number of aromatic nitrogens is 2. The molecule has 0 fully saturated rings. The maximum absolute atomic E-state index is 3.85. The predicted molar refractivity (Wildman–Crippen MR) is 292 cm³/mol. The van der Waals surface area contributed by atoms with E-state index in [0.717, 1.165) is 18.5 Å². The summed E-state index contributed by atoms with van der Waals surface area (Å²) in [5.41, 5.74) is 20.1. The third-order valence-electron chi connectivity index (χ3n) is 12.0. The number of para-hydroxylation sites is 2. The molecule has 0 unspecified atom stereocenters. The molecule has 10 aromatic rings. The van der Waals surface area contributed by atoms with Gasteiger partial charge in [-0.15, -0.1) is 0 Å². The molecule has 67 heavy (non-hydrogen) atoms. The summed E-state index contributed by atoms with van der Waals surface area (Å²) in [6, 6.07) is 74.9. The van der Waals surface area contributed by atoms with Gasteiger partial charge in [0, 0.05) is 33.1 Å². The van der Waals surface area contributed by atoms with Crippen LogP contribution in [0, 0.1) is 0 Å². The lowest BCUT2D eigenvalue weighted by Gasteiger charge is -2.16. The molecule has 2 heterocycles. The molecule has 2 aromatic heterocycles. The van der Waals surface area contributed by atoms with Crippen LogP contribution in [0.5, 0.6) is 0 Å². The van der Waals surface area contributed by atoms with E-state index in [1.165, 1.54) is 95.9 Å². The number of benzene rings is 8. The second kappa shape index (κ2) is 22.8. The number of rotatable bonds is 6. The van der Waals surface area contributed by atoms with E-state index in [-0.39, 0.29) is 0 Å². The van der Waals surface area contributed by atoms with Gasteiger partial charge in [0.15, 0.2) is 0 Å². The van der Waals surface area contributed by atoms with Gasteiger partial charge >= 0.3 is 0 Å². The van der Waals surface area contributed by atoms with Gasteiger partial charge in [0.25, 0.3) is 0 Å². The Kier molecular flexibility index (Phi) is 15.6. The third-order valence-corrected chi connectivity index (χ3v) is 12.0. The van der Waals surface area contributed by atoms with Gasteiger partial charge in [-0.2, -0.15) is 0 Å². The van der Waals surface area contributed by atoms with Crippen molar-refractivity contribution in [2.45, 2.75) is 53.4 Å². The molecule has 3 nitrogen and oxygen atoms in total. The number of nitrogens with zero attached hydrogens (tertiary/aromatic N) is 2. The molecule has 0 radical (unpaired) electrons. The predicted octanol–water partition coefficient (Wildman–Crippen LogP) is 18.1. The molecule has 1 N–H and O–H groups in total. The van der Waals surface area contributed by atoms with Crippen molar-refractivity contribution in [1.29, 1.82) is 0 Å². The van der Waals surface area contributed by atoms with Crippen LogP contribution < -0.4 is 5.43 Å². The summed E-state index contributed by atoms with van der Waals surface area (Å²) < 4.78 is 4.76. The molecule has 8 aromatic carbocycles. The Morgan fingerprint density at radius 1 is 0.433 bits per heavy atom. The zero-order valence-corrected chi connectivity index (χ0v) is 39.3. The average molecular weight is 872 g/mol. The first-order valence-corrected chi connectivity index (χ1v) is 24.1. The Bertz CT molecular complexity index is 3180. The first-order valence-electron chi connectivity index (χ1n) is 24.1. The number of hydrogen-bond donors (Lipinski definition) is 1. The van der Waals surface area contributed by atoms with Gasteiger partial charge in [-0.25, -0.2) is 0 Å². The number of fused-ring (bicyclic) bond motifs is 7. The maximum atomic E-state index is 3.85. The minimum atomic E-state index is 0.997. The van der Waals surface area contributed by atoms with Gasteiger partial charge in [0.1, 0.15) is 0 Å². The van der Waals surface area contributed by atoms with Crippen molar-refractivity contribution in [3.8, 4) is 27.9 Å². The lowest BCUT2D eigenvalue weighted by Crippen LogP contribution is -2.13. The quantitative estimate of drug-likeness (QED) is 0.177. The standard InChI is InChI=1S/C42H31N3.C12H12.C6H6.2C2H6/c1-3-12-29(13-4-1)31-14-11-15-32(28-31)30-22-24-33(25-23-30)43-45-39-21-10-7-18-35(39)36-26-27-40-41(42(36)45)37-19-8-9-20-38(37)44(40)34-16-5-2-6-17-34;1-3-7-11(8-4-1)12-9-5-2-6-10-12;1-2-4-6-5-3-1;2*1-2/h1-9,11-20,22-28,43H,10,21H2;1-5,7-9H,6,10H2;1-6H;2*1-2H3. The zero-order valence-electron chi connectivity index (χ0n) is 39.3. The normalized spacial score (nSPS) is 12.2. The Hall–Kier alpha value is -7.88. The molecule has 2 aliphatic rings. The summed E-state index contributed by atoms with van der Waals surface area (Å²) in [5, 5.41) is 3.82. The van der Waals surface area contributed by atoms with Gasteiger partial charge < -0.3 is 4.57 Å². The maximum Gasteiger partial charge on any atom is 0.0806 e. The van der Waals surface area contributed by atoms with E-state index in [0.29, 0.717) is 0 Å². The van der Waals surface area contributed by atoms with Crippen molar-refractivity contribution in [3.63, 3.8) is 0 Å². The van der Waals surface area contributed by atoms with Crippen molar-refractivity contribution in [2.75, 3.05) is 5.43 Å². The Balaban J connectivity index is 0.000000228. The highest BCUT2D eigenvalue weighted by atomic mass is 15.4. The summed E-state index contributed by atoms with van der Waals surface area (Å²) in [6.45, 7) is 8.00. The third kappa shape index (κ3) is 10.3. The van der Waals surface area contributed by atoms with E-state index in [1.807, 2.05) is 64.1 Å². The molecule has 0 spiro atoms. The lowest BCUT2D eigenvalue weighted by atomic mass is 9.98. The van der Waals surface area contributed by atoms with Crippen LogP contribution in [-0.4, -0.2) is 9.24 Å². The molecule has 332 valence electrons. The van der Waals surface area contributed by atoms with E-state index in [2.05, 4.69) is 221 Å². The first kappa shape index (κ1) is 45.7. The fraction of sp³-hybridized carbons (Fsp3) is 0.125. The van der Waals surface area contributed by atoms with Crippen LogP contribution in [0.1, 0.15) is 63.8 Å². The van der Waals surface area contributed by atoms with Crippen LogP contribution in [0.2, 0.25) is 0 Å². The van der Waals surface area contributed by atoms with Crippen LogP contribution in [0.3, 0.4) is 0 Å². The smallest absolute Gasteiger partial charge is 0.0806 e. The molecule has 2 aliphatic carbocycles. The molecule has 12 rings (SSSR count). The zero-order chi connectivity index (χ0) is 46.2. The Labute approximate surface area is 397 Å². The summed E-state index contributed by atoms with van der Waals surface area (Å²) in [5.74, 6) is 0. The minimum absolute atomic E-state index is 0.997. The lowest BCUT2D eigenvalue weighted by molar-refractivity contribution is 0.849. The largest absolute Gasteiger partial charge is 0.309 e. The van der Waals surface area contributed by atoms with E-state index >= 15 is 0 Å². The highest BCUT2D eigenvalue weighted by Crippen LogP contribution is 2.41. The summed E-state index contributed by atoms with van der Waals surface area (Å²) in [6.07, 6.45) is 15.6. The molecule has 0 atom stereocenters. The van der Waals surface area contributed by atoms with E-state index in [9.17, 15) is 0 Å². The highest BCUT2D eigenvalue weighted by molar-refractivity contribution is 6.22. The summed E-state index contributed by atoms with van der Waals surface area (Å²) >= 11 is 0. The van der Waals surface area contributed by atoms with Crippen molar-refractivity contribution >= 4 is 50.0 Å². The molecule has 0 saturated heterocycles. The first-order chi connectivity index (χ1) is 33.3. The van der Waals surface area contributed by atoms with Crippen LogP contribution >= 0.6 is 0 Å². The molecular formula is C64H61N3. The molecular weight excluding hydrogens is 811 g/mol. The molecule has 0 saturated carbocycles. The Morgan fingerprint density at radius 2 is 0.985 bits per heavy atom. The van der Waals surface area contributed by atoms with Crippen molar-refractivity contribution in [3.05, 3.63) is 253 Å². The van der Waals surface area contributed by atoms with Crippen molar-refractivity contribution < 1.29 is 0 Å². The Morgan fingerprint density at radius 3 is 1.63 bits per heavy atom. The molecule has 0 bridgehead atoms.